The first-order valence-electron chi connectivity index (χ1n) is 10.4. The molecule has 0 radical (unpaired) electrons. The van der Waals surface area contributed by atoms with E-state index >= 15 is 0 Å². The van der Waals surface area contributed by atoms with Crippen molar-refractivity contribution in [3.05, 3.63) is 101 Å². The molecule has 3 aromatic carbocycles. The van der Waals surface area contributed by atoms with Crippen LogP contribution in [0, 0.1) is 0 Å². The maximum atomic E-state index is 12.6. The number of nitrogens with one attached hydrogen (secondary N) is 2. The number of carbonyl (C=O) groups excluding carboxylic acids is 2. The molecular formula is C26H28N2O2. The summed E-state index contributed by atoms with van der Waals surface area (Å²) in [5.41, 5.74) is 4.61. The number of aryl methyl sites for hydroxylation is 2. The predicted octanol–water partition coefficient (Wildman–Crippen LogP) is 4.79. The van der Waals surface area contributed by atoms with E-state index in [1.165, 1.54) is 11.1 Å². The van der Waals surface area contributed by atoms with Crippen molar-refractivity contribution in [1.82, 2.24) is 5.32 Å². The minimum Gasteiger partial charge on any atom is -0.352 e. The molecule has 0 aliphatic rings. The largest absolute Gasteiger partial charge is 0.352 e. The summed E-state index contributed by atoms with van der Waals surface area (Å²) in [6.07, 6.45) is 2.81. The van der Waals surface area contributed by atoms with Gasteiger partial charge in [0.05, 0.1) is 11.3 Å². The summed E-state index contributed by atoms with van der Waals surface area (Å²) >= 11 is 0. The minimum atomic E-state index is -0.183. The fourth-order valence-electron chi connectivity index (χ4n) is 3.26. The summed E-state index contributed by atoms with van der Waals surface area (Å²) in [5.74, 6) is -0.281. The zero-order chi connectivity index (χ0) is 21.2. The quantitative estimate of drug-likeness (QED) is 0.542. The molecule has 0 saturated carbocycles. The number of amides is 2. The van der Waals surface area contributed by atoms with Crippen LogP contribution in [0.2, 0.25) is 0 Å². The molecule has 0 atom stereocenters. The number of anilines is 1. The Hall–Kier alpha value is -3.40. The van der Waals surface area contributed by atoms with Gasteiger partial charge < -0.3 is 10.6 Å². The molecule has 0 saturated heterocycles. The molecule has 0 aromatic heterocycles. The molecule has 2 N–H and O–H groups in total. The van der Waals surface area contributed by atoms with Crippen molar-refractivity contribution in [2.75, 3.05) is 11.9 Å². The van der Waals surface area contributed by atoms with Gasteiger partial charge in [0.25, 0.3) is 5.91 Å². The lowest BCUT2D eigenvalue weighted by Crippen LogP contribution is -2.27. The molecule has 4 heteroatoms. The third-order valence-corrected chi connectivity index (χ3v) is 5.06. The normalized spacial score (nSPS) is 10.4. The third-order valence-electron chi connectivity index (χ3n) is 5.06. The molecule has 2 amide bonds. The Morgan fingerprint density at radius 1 is 0.733 bits per heavy atom. The average molecular weight is 401 g/mol. The molecule has 0 unspecified atom stereocenters. The molecule has 0 fully saturated rings. The Morgan fingerprint density at radius 3 is 2.10 bits per heavy atom. The van der Waals surface area contributed by atoms with Crippen molar-refractivity contribution in [2.45, 2.75) is 32.6 Å². The second-order valence-electron chi connectivity index (χ2n) is 7.26. The predicted molar refractivity (Wildman–Crippen MR) is 122 cm³/mol. The first kappa shape index (κ1) is 21.3. The first-order chi connectivity index (χ1) is 14.7. The average Bonchev–Trinajstić information content (AvgIpc) is 2.79. The summed E-state index contributed by atoms with van der Waals surface area (Å²) in [6, 6.07) is 25.5. The van der Waals surface area contributed by atoms with Crippen LogP contribution < -0.4 is 10.6 Å². The fourth-order valence-corrected chi connectivity index (χ4v) is 3.26. The second kappa shape index (κ2) is 11.0. The molecule has 154 valence electrons. The van der Waals surface area contributed by atoms with Crippen molar-refractivity contribution in [2.24, 2.45) is 0 Å². The molecule has 0 aliphatic heterocycles. The van der Waals surface area contributed by atoms with Crippen LogP contribution >= 0.6 is 0 Å². The summed E-state index contributed by atoms with van der Waals surface area (Å²) < 4.78 is 0. The van der Waals surface area contributed by atoms with Gasteiger partial charge in [-0.3, -0.25) is 9.59 Å². The van der Waals surface area contributed by atoms with E-state index in [9.17, 15) is 9.59 Å². The lowest BCUT2D eigenvalue weighted by atomic mass is 10.1. The Morgan fingerprint density at radius 2 is 1.37 bits per heavy atom. The van der Waals surface area contributed by atoms with Crippen molar-refractivity contribution in [3.8, 4) is 0 Å². The molecule has 0 spiro atoms. The maximum absolute atomic E-state index is 12.6. The lowest BCUT2D eigenvalue weighted by Gasteiger charge is -2.12. The van der Waals surface area contributed by atoms with Gasteiger partial charge in [-0.2, -0.15) is 0 Å². The molecule has 0 bridgehead atoms. The van der Waals surface area contributed by atoms with Crippen molar-refractivity contribution in [3.63, 3.8) is 0 Å². The molecule has 3 rings (SSSR count). The number of hydrogen-bond donors (Lipinski definition) is 2. The van der Waals surface area contributed by atoms with Crippen LogP contribution in [0.3, 0.4) is 0 Å². The van der Waals surface area contributed by atoms with Gasteiger partial charge in [-0.15, -0.1) is 0 Å². The Bertz CT molecular complexity index is 966. The number of para-hydroxylation sites is 1. The molecular weight excluding hydrogens is 372 g/mol. The molecule has 30 heavy (non-hydrogen) atoms. The van der Waals surface area contributed by atoms with E-state index in [1.54, 1.807) is 18.2 Å². The molecule has 4 nitrogen and oxygen atoms in total. The van der Waals surface area contributed by atoms with E-state index in [0.29, 0.717) is 30.6 Å². The first-order valence-corrected chi connectivity index (χ1v) is 10.4. The highest BCUT2D eigenvalue weighted by atomic mass is 16.2. The number of benzene rings is 3. The van der Waals surface area contributed by atoms with Crippen LogP contribution in [0.4, 0.5) is 5.69 Å². The summed E-state index contributed by atoms with van der Waals surface area (Å²) in [7, 11) is 0. The van der Waals surface area contributed by atoms with Gasteiger partial charge in [-0.1, -0.05) is 73.7 Å². The Balaban J connectivity index is 1.53. The van der Waals surface area contributed by atoms with E-state index in [-0.39, 0.29) is 11.8 Å². The van der Waals surface area contributed by atoms with Crippen LogP contribution in [-0.4, -0.2) is 18.4 Å². The van der Waals surface area contributed by atoms with E-state index in [0.717, 1.165) is 18.4 Å². The molecule has 0 aliphatic carbocycles. The lowest BCUT2D eigenvalue weighted by molar-refractivity contribution is -0.116. The number of rotatable bonds is 9. The van der Waals surface area contributed by atoms with Crippen molar-refractivity contribution < 1.29 is 9.59 Å². The fraction of sp³-hybridized carbons (Fsp3) is 0.231. The van der Waals surface area contributed by atoms with Gasteiger partial charge in [0.2, 0.25) is 5.91 Å². The summed E-state index contributed by atoms with van der Waals surface area (Å²) in [6.45, 7) is 2.66. The van der Waals surface area contributed by atoms with Gasteiger partial charge in [-0.05, 0) is 48.1 Å². The van der Waals surface area contributed by atoms with Crippen LogP contribution in [0.15, 0.2) is 78.9 Å². The highest BCUT2D eigenvalue weighted by Crippen LogP contribution is 2.16. The number of hydrogen-bond acceptors (Lipinski definition) is 2. The summed E-state index contributed by atoms with van der Waals surface area (Å²) in [5, 5.41) is 5.83. The second-order valence-corrected chi connectivity index (χ2v) is 7.26. The Labute approximate surface area is 178 Å². The zero-order valence-electron chi connectivity index (χ0n) is 17.4. The Kier molecular flexibility index (Phi) is 7.78. The monoisotopic (exact) mass is 400 g/mol. The van der Waals surface area contributed by atoms with E-state index in [4.69, 9.17) is 0 Å². The standard InChI is InChI=1S/C26H28N2O2/c1-2-20-12-14-22(15-13-20)16-17-25(29)28-24-11-7-6-10-23(24)26(30)27-19-18-21-8-4-3-5-9-21/h3-15H,2,16-19H2,1H3,(H,27,30)(H,28,29). The smallest absolute Gasteiger partial charge is 0.253 e. The minimum absolute atomic E-state index is 0.0981. The van der Waals surface area contributed by atoms with Crippen LogP contribution in [-0.2, 0) is 24.1 Å². The van der Waals surface area contributed by atoms with Gasteiger partial charge >= 0.3 is 0 Å². The third kappa shape index (κ3) is 6.31. The molecule has 3 aromatic rings. The van der Waals surface area contributed by atoms with E-state index in [2.05, 4.69) is 41.8 Å². The van der Waals surface area contributed by atoms with Crippen molar-refractivity contribution in [1.29, 1.82) is 0 Å². The van der Waals surface area contributed by atoms with Gasteiger partial charge in [-0.25, -0.2) is 0 Å². The number of carbonyl (C=O) groups is 2. The maximum Gasteiger partial charge on any atom is 0.253 e. The molecule has 0 heterocycles. The van der Waals surface area contributed by atoms with E-state index in [1.807, 2.05) is 36.4 Å². The van der Waals surface area contributed by atoms with Crippen LogP contribution in [0.25, 0.3) is 0 Å². The van der Waals surface area contributed by atoms with Gasteiger partial charge in [0.1, 0.15) is 0 Å². The summed E-state index contributed by atoms with van der Waals surface area (Å²) in [4.78, 5) is 25.1. The van der Waals surface area contributed by atoms with E-state index < -0.39 is 0 Å². The van der Waals surface area contributed by atoms with Gasteiger partial charge in [0, 0.05) is 13.0 Å². The highest BCUT2D eigenvalue weighted by Gasteiger charge is 2.13. The SMILES string of the molecule is CCc1ccc(CCC(=O)Nc2ccccc2C(=O)NCCc2ccccc2)cc1. The van der Waals surface area contributed by atoms with Crippen LogP contribution in [0.1, 0.15) is 40.4 Å². The zero-order valence-corrected chi connectivity index (χ0v) is 17.4. The van der Waals surface area contributed by atoms with Crippen LogP contribution in [0.5, 0.6) is 0 Å². The van der Waals surface area contributed by atoms with Gasteiger partial charge in [0.15, 0.2) is 0 Å². The topological polar surface area (TPSA) is 58.2 Å². The highest BCUT2D eigenvalue weighted by molar-refractivity contribution is 6.03. The van der Waals surface area contributed by atoms with Crippen molar-refractivity contribution >= 4 is 17.5 Å².